The van der Waals surface area contributed by atoms with Crippen LogP contribution in [-0.2, 0) is 19.1 Å². The van der Waals surface area contributed by atoms with E-state index in [0.717, 1.165) is 19.3 Å². The van der Waals surface area contributed by atoms with Crippen molar-refractivity contribution in [3.63, 3.8) is 0 Å². The normalized spacial score (nSPS) is 27.4. The lowest BCUT2D eigenvalue weighted by Gasteiger charge is -2.19. The lowest BCUT2D eigenvalue weighted by Crippen LogP contribution is -2.24. The van der Waals surface area contributed by atoms with Gasteiger partial charge in [-0.3, -0.25) is 4.79 Å². The summed E-state index contributed by atoms with van der Waals surface area (Å²) in [6, 6.07) is 0. The number of ether oxygens (including phenoxy) is 2. The number of carbonyl (C=O) groups is 2. The third-order valence-corrected chi connectivity index (χ3v) is 5.95. The fraction of sp³-hybridized carbons (Fsp3) is 0.680. The molecule has 2 aliphatic carbocycles. The highest BCUT2D eigenvalue weighted by atomic mass is 16.5. The van der Waals surface area contributed by atoms with Gasteiger partial charge >= 0.3 is 11.9 Å². The van der Waals surface area contributed by atoms with Crippen LogP contribution in [0.25, 0.3) is 0 Å². The van der Waals surface area contributed by atoms with Gasteiger partial charge in [-0.1, -0.05) is 44.3 Å². The molecule has 6 nitrogen and oxygen atoms in total. The van der Waals surface area contributed by atoms with Crippen LogP contribution in [0.15, 0.2) is 11.6 Å². The number of aliphatic carboxylic acids is 1. The van der Waals surface area contributed by atoms with E-state index in [1.54, 1.807) is 6.92 Å². The van der Waals surface area contributed by atoms with Crippen LogP contribution in [0, 0.1) is 47.4 Å². The largest absolute Gasteiger partial charge is 0.480 e. The van der Waals surface area contributed by atoms with Gasteiger partial charge in [0.2, 0.25) is 0 Å². The van der Waals surface area contributed by atoms with Crippen molar-refractivity contribution in [1.29, 1.82) is 0 Å². The molecule has 0 aliphatic heterocycles. The molecule has 0 aromatic rings. The maximum atomic E-state index is 11.9. The van der Waals surface area contributed by atoms with Gasteiger partial charge in [0, 0.05) is 31.1 Å². The molecule has 0 aromatic heterocycles. The molecule has 2 N–H and O–H groups in total. The van der Waals surface area contributed by atoms with Crippen molar-refractivity contribution in [2.75, 3.05) is 13.2 Å². The van der Waals surface area contributed by atoms with E-state index in [-0.39, 0.29) is 36.9 Å². The molecule has 0 spiro atoms. The average Bonchev–Trinajstić information content (AvgIpc) is 3.24. The first-order valence-electron chi connectivity index (χ1n) is 11.2. The van der Waals surface area contributed by atoms with Crippen LogP contribution in [-0.4, -0.2) is 47.6 Å². The zero-order chi connectivity index (χ0) is 22.8. The quantitative estimate of drug-likeness (QED) is 0.266. The SMILES string of the molecule is CCC#CC[C@H](C)[C@@H](C#C[C@@H]1[C@H]2C/C(=C/COCC(=O)O)C[C@H]2C[C@H]1O)OC(=O)CC. The van der Waals surface area contributed by atoms with Gasteiger partial charge in [-0.05, 0) is 31.1 Å². The van der Waals surface area contributed by atoms with E-state index in [9.17, 15) is 14.7 Å². The molecule has 6 atom stereocenters. The molecule has 0 amide bonds. The molecule has 6 heteroatoms. The molecular formula is C25H34O6. The van der Waals surface area contributed by atoms with Crippen molar-refractivity contribution in [2.45, 2.75) is 71.5 Å². The molecule has 170 valence electrons. The minimum Gasteiger partial charge on any atom is -0.480 e. The van der Waals surface area contributed by atoms with Crippen molar-refractivity contribution in [2.24, 2.45) is 23.7 Å². The summed E-state index contributed by atoms with van der Waals surface area (Å²) in [5.41, 5.74) is 1.23. The van der Waals surface area contributed by atoms with Gasteiger partial charge in [-0.15, -0.1) is 11.8 Å². The maximum Gasteiger partial charge on any atom is 0.329 e. The second-order valence-electron chi connectivity index (χ2n) is 8.37. The Morgan fingerprint density at radius 1 is 1.26 bits per heavy atom. The molecular weight excluding hydrogens is 396 g/mol. The van der Waals surface area contributed by atoms with Gasteiger partial charge in [0.15, 0.2) is 6.10 Å². The topological polar surface area (TPSA) is 93.1 Å². The number of aliphatic hydroxyl groups excluding tert-OH is 1. The van der Waals surface area contributed by atoms with Gasteiger partial charge in [0.05, 0.1) is 12.7 Å². The van der Waals surface area contributed by atoms with Crippen molar-refractivity contribution < 1.29 is 29.3 Å². The van der Waals surface area contributed by atoms with Crippen molar-refractivity contribution in [3.8, 4) is 23.7 Å². The van der Waals surface area contributed by atoms with Crippen LogP contribution in [0.4, 0.5) is 0 Å². The molecule has 2 aliphatic rings. The van der Waals surface area contributed by atoms with E-state index in [4.69, 9.17) is 14.6 Å². The van der Waals surface area contributed by atoms with Gasteiger partial charge in [0.25, 0.3) is 0 Å². The molecule has 0 saturated heterocycles. The number of carboxylic acids is 1. The zero-order valence-corrected chi connectivity index (χ0v) is 18.7. The number of rotatable bonds is 8. The Balaban J connectivity index is 2.05. The standard InChI is InChI=1S/C25H34O6/c1-4-6-7-8-17(3)23(31-25(29)5-2)10-9-20-21-14-18(11-12-30-16-24(27)28)13-19(21)15-22(20)26/h11,17,19-23,26H,4-5,8,12-16H2,1-3H3,(H,27,28)/b18-11+/t17-,19-,20+,21-,22+,23+/m0/s1. The first-order chi connectivity index (χ1) is 14.8. The number of carboxylic acid groups (broad SMARTS) is 1. The molecule has 0 aromatic carbocycles. The molecule has 0 bridgehead atoms. The number of allylic oxidation sites excluding steroid dienone is 1. The van der Waals surface area contributed by atoms with Crippen molar-refractivity contribution >= 4 is 11.9 Å². The third kappa shape index (κ3) is 7.73. The summed E-state index contributed by atoms with van der Waals surface area (Å²) in [5, 5.41) is 19.2. The predicted molar refractivity (Wildman–Crippen MR) is 117 cm³/mol. The summed E-state index contributed by atoms with van der Waals surface area (Å²) in [7, 11) is 0. The summed E-state index contributed by atoms with van der Waals surface area (Å²) >= 11 is 0. The Hall–Kier alpha value is -2.28. The highest BCUT2D eigenvalue weighted by Crippen LogP contribution is 2.49. The first-order valence-corrected chi connectivity index (χ1v) is 11.2. The molecule has 2 saturated carbocycles. The van der Waals surface area contributed by atoms with Crippen LogP contribution < -0.4 is 0 Å². The average molecular weight is 431 g/mol. The highest BCUT2D eigenvalue weighted by molar-refractivity contribution is 5.69. The summed E-state index contributed by atoms with van der Waals surface area (Å²) in [6.07, 6.45) is 5.03. The summed E-state index contributed by atoms with van der Waals surface area (Å²) in [5.74, 6) is 11.7. The van der Waals surface area contributed by atoms with Crippen molar-refractivity contribution in [3.05, 3.63) is 11.6 Å². The molecule has 2 rings (SSSR count). The number of hydrogen-bond donors (Lipinski definition) is 2. The van der Waals surface area contributed by atoms with Gasteiger partial charge < -0.3 is 19.7 Å². The van der Waals surface area contributed by atoms with Gasteiger partial charge in [-0.25, -0.2) is 4.79 Å². The van der Waals surface area contributed by atoms with Crippen LogP contribution in [0.2, 0.25) is 0 Å². The minimum absolute atomic E-state index is 0.0122. The summed E-state index contributed by atoms with van der Waals surface area (Å²) in [6.45, 7) is 5.71. The van der Waals surface area contributed by atoms with E-state index in [1.165, 1.54) is 5.57 Å². The number of carbonyl (C=O) groups excluding carboxylic acids is 1. The van der Waals surface area contributed by atoms with E-state index in [0.29, 0.717) is 25.2 Å². The van der Waals surface area contributed by atoms with E-state index in [2.05, 4.69) is 23.7 Å². The second-order valence-corrected chi connectivity index (χ2v) is 8.37. The van der Waals surface area contributed by atoms with E-state index >= 15 is 0 Å². The Bertz CT molecular complexity index is 777. The molecule has 0 unspecified atom stereocenters. The molecule has 2 fully saturated rings. The van der Waals surface area contributed by atoms with Crippen LogP contribution in [0.1, 0.15) is 59.3 Å². The zero-order valence-electron chi connectivity index (χ0n) is 18.7. The fourth-order valence-corrected chi connectivity index (χ4v) is 4.31. The molecule has 0 radical (unpaired) electrons. The van der Waals surface area contributed by atoms with Gasteiger partial charge in [-0.2, -0.15) is 0 Å². The minimum atomic E-state index is -0.978. The van der Waals surface area contributed by atoms with Gasteiger partial charge in [0.1, 0.15) is 6.61 Å². The lowest BCUT2D eigenvalue weighted by atomic mass is 9.90. The highest BCUT2D eigenvalue weighted by Gasteiger charge is 2.45. The first kappa shape index (κ1) is 25.0. The third-order valence-electron chi connectivity index (χ3n) is 5.95. The molecule has 0 heterocycles. The Kier molecular flexibility index (Phi) is 10.1. The monoisotopic (exact) mass is 430 g/mol. The number of fused-ring (bicyclic) bond motifs is 1. The van der Waals surface area contributed by atoms with Crippen molar-refractivity contribution in [1.82, 2.24) is 0 Å². The van der Waals surface area contributed by atoms with Crippen LogP contribution in [0.3, 0.4) is 0 Å². The Labute approximate surface area is 185 Å². The van der Waals surface area contributed by atoms with E-state index in [1.807, 2.05) is 19.9 Å². The predicted octanol–water partition coefficient (Wildman–Crippen LogP) is 3.19. The molecule has 31 heavy (non-hydrogen) atoms. The Morgan fingerprint density at radius 3 is 2.71 bits per heavy atom. The van der Waals surface area contributed by atoms with Crippen LogP contribution >= 0.6 is 0 Å². The van der Waals surface area contributed by atoms with Crippen LogP contribution in [0.5, 0.6) is 0 Å². The Morgan fingerprint density at radius 2 is 2.03 bits per heavy atom. The summed E-state index contributed by atoms with van der Waals surface area (Å²) in [4.78, 5) is 22.4. The second kappa shape index (κ2) is 12.5. The fourth-order valence-electron chi connectivity index (χ4n) is 4.31. The maximum absolute atomic E-state index is 11.9. The number of aliphatic hydroxyl groups is 1. The lowest BCUT2D eigenvalue weighted by molar-refractivity contribution is -0.148. The number of hydrogen-bond acceptors (Lipinski definition) is 5. The summed E-state index contributed by atoms with van der Waals surface area (Å²) < 4.78 is 10.7. The van der Waals surface area contributed by atoms with E-state index < -0.39 is 18.2 Å². The number of esters is 1. The smallest absolute Gasteiger partial charge is 0.329 e.